The lowest BCUT2D eigenvalue weighted by Crippen LogP contribution is -2.18. The normalized spacial score (nSPS) is 10.8. The van der Waals surface area contributed by atoms with Crippen molar-refractivity contribution in [3.63, 3.8) is 0 Å². The Bertz CT molecular complexity index is 1410. The zero-order valence-electron chi connectivity index (χ0n) is 19.7. The van der Waals surface area contributed by atoms with Crippen LogP contribution >= 0.6 is 0 Å². The molecule has 4 rings (SSSR count). The van der Waals surface area contributed by atoms with E-state index in [0.717, 1.165) is 0 Å². The highest BCUT2D eigenvalue weighted by Crippen LogP contribution is 2.41. The minimum atomic E-state index is -0.546. The molecule has 0 aliphatic carbocycles. The minimum absolute atomic E-state index is 0.251. The van der Waals surface area contributed by atoms with E-state index in [1.807, 2.05) is 6.92 Å². The summed E-state index contributed by atoms with van der Waals surface area (Å²) in [5.41, 5.74) is 2.84. The summed E-state index contributed by atoms with van der Waals surface area (Å²) in [5, 5.41) is 3.18. The molecule has 1 heterocycles. The molecule has 0 unspecified atom stereocenters. The number of carbonyl (C=O) groups excluding carboxylic acids is 2. The molecule has 35 heavy (non-hydrogen) atoms. The fourth-order valence-electron chi connectivity index (χ4n) is 3.92. The van der Waals surface area contributed by atoms with Gasteiger partial charge < -0.3 is 23.9 Å². The van der Waals surface area contributed by atoms with Crippen molar-refractivity contribution in [2.24, 2.45) is 0 Å². The number of methoxy groups -OCH3 is 2. The van der Waals surface area contributed by atoms with Crippen LogP contribution in [0.15, 0.2) is 59.0 Å². The van der Waals surface area contributed by atoms with Crippen molar-refractivity contribution in [2.45, 2.75) is 6.92 Å². The number of nitrogens with one attached hydrogen (secondary N) is 1. The van der Waals surface area contributed by atoms with Crippen molar-refractivity contribution >= 4 is 22.8 Å². The summed E-state index contributed by atoms with van der Waals surface area (Å²) in [6.45, 7) is 2.23. The Morgan fingerprint density at radius 2 is 1.69 bits per heavy atom. The Morgan fingerprint density at radius 1 is 0.971 bits per heavy atom. The molecular formula is C27H24FNO6. The predicted molar refractivity (Wildman–Crippen MR) is 129 cm³/mol. The Kier molecular flexibility index (Phi) is 6.73. The number of esters is 1. The van der Waals surface area contributed by atoms with Crippen LogP contribution in [-0.4, -0.2) is 39.8 Å². The Labute approximate surface area is 201 Å². The Morgan fingerprint density at radius 3 is 2.31 bits per heavy atom. The highest BCUT2D eigenvalue weighted by Gasteiger charge is 2.24. The quantitative estimate of drug-likeness (QED) is 0.356. The molecule has 0 fully saturated rings. The van der Waals surface area contributed by atoms with Crippen molar-refractivity contribution < 1.29 is 32.6 Å². The van der Waals surface area contributed by atoms with Crippen LogP contribution in [-0.2, 0) is 4.74 Å². The molecule has 0 atom stereocenters. The maximum Gasteiger partial charge on any atom is 0.341 e. The van der Waals surface area contributed by atoms with Gasteiger partial charge >= 0.3 is 5.97 Å². The molecule has 0 saturated heterocycles. The Balaban J connectivity index is 2.00. The second kappa shape index (κ2) is 9.89. The number of furan rings is 1. The number of carbonyl (C=O) groups is 2. The minimum Gasteiger partial charge on any atom is -0.496 e. The lowest BCUT2D eigenvalue weighted by Gasteiger charge is -2.13. The van der Waals surface area contributed by atoms with E-state index in [2.05, 4.69) is 5.32 Å². The number of amides is 1. The molecule has 0 aliphatic heterocycles. The molecule has 1 N–H and O–H groups in total. The van der Waals surface area contributed by atoms with E-state index in [1.165, 1.54) is 33.4 Å². The third-order valence-electron chi connectivity index (χ3n) is 5.57. The molecule has 0 spiro atoms. The third-order valence-corrected chi connectivity index (χ3v) is 5.57. The van der Waals surface area contributed by atoms with Crippen LogP contribution in [0.25, 0.3) is 33.4 Å². The van der Waals surface area contributed by atoms with Crippen molar-refractivity contribution in [2.75, 3.05) is 27.9 Å². The molecule has 0 bridgehead atoms. The van der Waals surface area contributed by atoms with E-state index in [4.69, 9.17) is 18.6 Å². The fourth-order valence-corrected chi connectivity index (χ4v) is 3.92. The maximum absolute atomic E-state index is 13.5. The summed E-state index contributed by atoms with van der Waals surface area (Å²) in [6, 6.07) is 14.3. The monoisotopic (exact) mass is 477 g/mol. The largest absolute Gasteiger partial charge is 0.496 e. The number of hydrogen-bond donors (Lipinski definition) is 1. The van der Waals surface area contributed by atoms with E-state index in [-0.39, 0.29) is 11.5 Å². The number of ether oxygens (including phenoxy) is 3. The van der Waals surface area contributed by atoms with Crippen LogP contribution in [0.1, 0.15) is 27.6 Å². The molecule has 180 valence electrons. The van der Waals surface area contributed by atoms with E-state index >= 15 is 0 Å². The van der Waals surface area contributed by atoms with Gasteiger partial charge in [0.25, 0.3) is 5.91 Å². The molecule has 1 amide bonds. The van der Waals surface area contributed by atoms with Gasteiger partial charge in [0.15, 0.2) is 0 Å². The predicted octanol–water partition coefficient (Wildman–Crippen LogP) is 5.46. The van der Waals surface area contributed by atoms with Crippen LogP contribution in [0.2, 0.25) is 0 Å². The van der Waals surface area contributed by atoms with Crippen LogP contribution < -0.4 is 14.8 Å². The van der Waals surface area contributed by atoms with Crippen molar-refractivity contribution in [1.29, 1.82) is 0 Å². The molecule has 0 saturated carbocycles. The van der Waals surface area contributed by atoms with Crippen molar-refractivity contribution in [3.05, 3.63) is 71.5 Å². The maximum atomic E-state index is 13.5. The van der Waals surface area contributed by atoms with Gasteiger partial charge in [0.05, 0.1) is 26.4 Å². The Hall–Kier alpha value is -4.33. The first kappa shape index (κ1) is 23.8. The highest BCUT2D eigenvalue weighted by atomic mass is 19.1. The zero-order chi connectivity index (χ0) is 25.1. The van der Waals surface area contributed by atoms with Crippen molar-refractivity contribution in [1.82, 2.24) is 5.32 Å². The smallest absolute Gasteiger partial charge is 0.341 e. The summed E-state index contributed by atoms with van der Waals surface area (Å²) < 4.78 is 35.7. The standard InChI is InChI=1S/C27H24FNO6/c1-5-34-22-14-23-19(13-18(22)16-8-11-21(32-3)20(12-16)27(31)33-4)24(26(30)29-2)25(35-23)15-6-9-17(28)10-7-15/h6-14H,5H2,1-4H3,(H,29,30). The van der Waals surface area contributed by atoms with Gasteiger partial charge in [-0.3, -0.25) is 4.79 Å². The first-order valence-corrected chi connectivity index (χ1v) is 10.9. The number of halogens is 1. The number of rotatable bonds is 7. The summed E-state index contributed by atoms with van der Waals surface area (Å²) in [7, 11) is 4.29. The highest BCUT2D eigenvalue weighted by molar-refractivity contribution is 6.12. The van der Waals surface area contributed by atoms with E-state index < -0.39 is 11.8 Å². The molecule has 8 heteroatoms. The molecule has 0 radical (unpaired) electrons. The van der Waals surface area contributed by atoms with Gasteiger partial charge in [-0.15, -0.1) is 0 Å². The second-order valence-electron chi connectivity index (χ2n) is 7.58. The van der Waals surface area contributed by atoms with E-state index in [9.17, 15) is 14.0 Å². The van der Waals surface area contributed by atoms with Crippen LogP contribution in [0.5, 0.6) is 11.5 Å². The summed E-state index contributed by atoms with van der Waals surface area (Å²) in [5.74, 6) is -0.118. The average Bonchev–Trinajstić information content (AvgIpc) is 3.25. The van der Waals surface area contributed by atoms with E-state index in [0.29, 0.717) is 57.1 Å². The SMILES string of the molecule is CCOc1cc2oc(-c3ccc(F)cc3)c(C(=O)NC)c2cc1-c1ccc(OC)c(C(=O)OC)c1. The summed E-state index contributed by atoms with van der Waals surface area (Å²) >= 11 is 0. The van der Waals surface area contributed by atoms with Gasteiger partial charge in [0.1, 0.15) is 34.2 Å². The first-order chi connectivity index (χ1) is 16.9. The second-order valence-corrected chi connectivity index (χ2v) is 7.58. The third kappa shape index (κ3) is 4.42. The van der Waals surface area contributed by atoms with Gasteiger partial charge in [-0.25, -0.2) is 9.18 Å². The van der Waals surface area contributed by atoms with Gasteiger partial charge in [0, 0.05) is 29.6 Å². The number of benzene rings is 3. The van der Waals surface area contributed by atoms with Crippen molar-refractivity contribution in [3.8, 4) is 33.9 Å². The summed E-state index contributed by atoms with van der Waals surface area (Å²) in [4.78, 5) is 25.3. The summed E-state index contributed by atoms with van der Waals surface area (Å²) in [6.07, 6.45) is 0. The van der Waals surface area contributed by atoms with Gasteiger partial charge in [-0.1, -0.05) is 6.07 Å². The lowest BCUT2D eigenvalue weighted by atomic mass is 9.97. The molecule has 3 aromatic carbocycles. The van der Waals surface area contributed by atoms with E-state index in [1.54, 1.807) is 42.5 Å². The van der Waals surface area contributed by atoms with Crippen LogP contribution in [0, 0.1) is 5.82 Å². The molecular weight excluding hydrogens is 453 g/mol. The first-order valence-electron chi connectivity index (χ1n) is 10.9. The number of hydrogen-bond acceptors (Lipinski definition) is 6. The van der Waals surface area contributed by atoms with Crippen LogP contribution in [0.3, 0.4) is 0 Å². The molecule has 4 aromatic rings. The van der Waals surface area contributed by atoms with Gasteiger partial charge in [0.2, 0.25) is 0 Å². The topological polar surface area (TPSA) is 87.0 Å². The number of fused-ring (bicyclic) bond motifs is 1. The lowest BCUT2D eigenvalue weighted by molar-refractivity contribution is 0.0597. The molecule has 7 nitrogen and oxygen atoms in total. The van der Waals surface area contributed by atoms with Gasteiger partial charge in [-0.2, -0.15) is 0 Å². The van der Waals surface area contributed by atoms with Crippen LogP contribution in [0.4, 0.5) is 4.39 Å². The molecule has 0 aliphatic rings. The van der Waals surface area contributed by atoms with Gasteiger partial charge in [-0.05, 0) is 55.0 Å². The molecule has 1 aromatic heterocycles. The zero-order valence-corrected chi connectivity index (χ0v) is 19.7. The average molecular weight is 477 g/mol. The fraction of sp³-hybridized carbons (Fsp3) is 0.185.